The molecule has 0 saturated heterocycles. The second kappa shape index (κ2) is 9.64. The van der Waals surface area contributed by atoms with Gasteiger partial charge in [-0.3, -0.25) is 4.79 Å². The van der Waals surface area contributed by atoms with E-state index in [9.17, 15) is 9.59 Å². The van der Waals surface area contributed by atoms with Gasteiger partial charge >= 0.3 is 5.97 Å². The van der Waals surface area contributed by atoms with Crippen LogP contribution in [0.1, 0.15) is 26.3 Å². The molecule has 32 heavy (non-hydrogen) atoms. The van der Waals surface area contributed by atoms with Gasteiger partial charge in [0.05, 0.1) is 11.8 Å². The fourth-order valence-corrected chi connectivity index (χ4v) is 3.32. The number of hydrazone groups is 1. The Morgan fingerprint density at radius 1 is 0.781 bits per heavy atom. The molecule has 0 fully saturated rings. The van der Waals surface area contributed by atoms with Crippen molar-refractivity contribution < 1.29 is 14.3 Å². The predicted octanol–water partition coefficient (Wildman–Crippen LogP) is 6.13. The fourth-order valence-electron chi connectivity index (χ4n) is 3.06. The summed E-state index contributed by atoms with van der Waals surface area (Å²) < 4.78 is 5.63. The van der Waals surface area contributed by atoms with E-state index in [1.54, 1.807) is 54.6 Å². The van der Waals surface area contributed by atoms with Crippen LogP contribution in [-0.4, -0.2) is 18.1 Å². The molecule has 1 amide bonds. The minimum absolute atomic E-state index is 0.313. The summed E-state index contributed by atoms with van der Waals surface area (Å²) in [5, 5.41) is 6.89. The van der Waals surface area contributed by atoms with Gasteiger partial charge in [0.2, 0.25) is 0 Å². The summed E-state index contributed by atoms with van der Waals surface area (Å²) in [7, 11) is 0. The van der Waals surface area contributed by atoms with E-state index >= 15 is 0 Å². The number of carbonyl (C=O) groups excluding carboxylic acids is 2. The number of halogens is 2. The van der Waals surface area contributed by atoms with Gasteiger partial charge in [-0.15, -0.1) is 0 Å². The summed E-state index contributed by atoms with van der Waals surface area (Å²) in [6.45, 7) is 0. The number of esters is 1. The van der Waals surface area contributed by atoms with Gasteiger partial charge in [0.25, 0.3) is 5.91 Å². The van der Waals surface area contributed by atoms with E-state index < -0.39 is 11.9 Å². The minimum atomic E-state index is -0.531. The monoisotopic (exact) mass is 462 g/mol. The Kier molecular flexibility index (Phi) is 6.50. The van der Waals surface area contributed by atoms with Gasteiger partial charge in [-0.2, -0.15) is 5.10 Å². The molecule has 4 aromatic carbocycles. The lowest BCUT2D eigenvalue weighted by molar-refractivity contribution is 0.0734. The van der Waals surface area contributed by atoms with Crippen LogP contribution in [0.4, 0.5) is 0 Å². The lowest BCUT2D eigenvalue weighted by Crippen LogP contribution is -2.17. The molecule has 0 atom stereocenters. The number of hydrogen-bond acceptors (Lipinski definition) is 4. The first-order valence-corrected chi connectivity index (χ1v) is 10.4. The topological polar surface area (TPSA) is 67.8 Å². The van der Waals surface area contributed by atoms with E-state index in [0.29, 0.717) is 32.5 Å². The van der Waals surface area contributed by atoms with E-state index in [2.05, 4.69) is 10.5 Å². The average Bonchev–Trinajstić information content (AvgIpc) is 2.81. The third-order valence-electron chi connectivity index (χ3n) is 4.68. The molecule has 0 radical (unpaired) electrons. The number of fused-ring (bicyclic) bond motifs is 1. The van der Waals surface area contributed by atoms with Gasteiger partial charge in [-0.1, -0.05) is 53.5 Å². The van der Waals surface area contributed by atoms with Crippen molar-refractivity contribution in [3.8, 4) is 5.75 Å². The van der Waals surface area contributed by atoms with Crippen LogP contribution in [0.2, 0.25) is 10.0 Å². The van der Waals surface area contributed by atoms with Gasteiger partial charge in [0, 0.05) is 21.2 Å². The molecule has 0 aromatic heterocycles. The van der Waals surface area contributed by atoms with Crippen molar-refractivity contribution in [1.82, 2.24) is 5.43 Å². The highest BCUT2D eigenvalue weighted by molar-refractivity contribution is 6.31. The highest BCUT2D eigenvalue weighted by Gasteiger charge is 2.14. The molecule has 0 heterocycles. The summed E-state index contributed by atoms with van der Waals surface area (Å²) in [5.74, 6) is -0.609. The molecule has 4 rings (SSSR count). The molecule has 0 aliphatic heterocycles. The van der Waals surface area contributed by atoms with Gasteiger partial charge in [0.15, 0.2) is 0 Å². The Hall–Kier alpha value is -3.67. The van der Waals surface area contributed by atoms with Gasteiger partial charge in [-0.25, -0.2) is 10.2 Å². The maximum Gasteiger partial charge on any atom is 0.343 e. The van der Waals surface area contributed by atoms with Crippen LogP contribution < -0.4 is 10.2 Å². The zero-order chi connectivity index (χ0) is 22.5. The van der Waals surface area contributed by atoms with E-state index in [0.717, 1.165) is 10.8 Å². The summed E-state index contributed by atoms with van der Waals surface area (Å²) >= 11 is 11.7. The van der Waals surface area contributed by atoms with Crippen molar-refractivity contribution in [3.05, 3.63) is 112 Å². The van der Waals surface area contributed by atoms with Gasteiger partial charge in [-0.05, 0) is 65.4 Å². The van der Waals surface area contributed by atoms with Crippen LogP contribution in [0.15, 0.2) is 90.0 Å². The molecule has 0 spiro atoms. The average molecular weight is 463 g/mol. The number of nitrogens with zero attached hydrogens (tertiary/aromatic N) is 1. The molecular formula is C25H16Cl2N2O3. The first-order chi connectivity index (χ1) is 15.5. The summed E-state index contributed by atoms with van der Waals surface area (Å²) in [6, 6.07) is 24.0. The SMILES string of the molecule is O=C(N/N=C\c1c(OC(=O)c2ccc(Cl)cc2)ccc2ccccc12)c1ccc(Cl)cc1. The van der Waals surface area contributed by atoms with E-state index in [1.807, 2.05) is 30.3 Å². The molecular weight excluding hydrogens is 447 g/mol. The Morgan fingerprint density at radius 3 is 2.09 bits per heavy atom. The molecule has 158 valence electrons. The molecule has 7 heteroatoms. The van der Waals surface area contributed by atoms with Crippen molar-refractivity contribution in [1.29, 1.82) is 0 Å². The van der Waals surface area contributed by atoms with Crippen LogP contribution in [0.25, 0.3) is 10.8 Å². The Morgan fingerprint density at radius 2 is 1.41 bits per heavy atom. The van der Waals surface area contributed by atoms with Crippen LogP contribution in [0.5, 0.6) is 5.75 Å². The van der Waals surface area contributed by atoms with E-state index in [1.165, 1.54) is 6.21 Å². The molecule has 0 aliphatic rings. The van der Waals surface area contributed by atoms with Gasteiger partial charge < -0.3 is 4.74 Å². The third kappa shape index (κ3) is 4.97. The number of hydrogen-bond donors (Lipinski definition) is 1. The van der Waals surface area contributed by atoms with Crippen LogP contribution in [-0.2, 0) is 0 Å². The van der Waals surface area contributed by atoms with E-state index in [4.69, 9.17) is 27.9 Å². The summed E-state index contributed by atoms with van der Waals surface area (Å²) in [5.41, 5.74) is 3.82. The number of rotatable bonds is 5. The van der Waals surface area contributed by atoms with Crippen molar-refractivity contribution >= 4 is 52.1 Å². The second-order valence-electron chi connectivity index (χ2n) is 6.80. The largest absolute Gasteiger partial charge is 0.422 e. The fraction of sp³-hybridized carbons (Fsp3) is 0. The highest BCUT2D eigenvalue weighted by atomic mass is 35.5. The first kappa shape index (κ1) is 21.6. The Bertz CT molecular complexity index is 1320. The van der Waals surface area contributed by atoms with Crippen molar-refractivity contribution in [3.63, 3.8) is 0 Å². The predicted molar refractivity (Wildman–Crippen MR) is 127 cm³/mol. The molecule has 1 N–H and O–H groups in total. The number of benzene rings is 4. The summed E-state index contributed by atoms with van der Waals surface area (Å²) in [6.07, 6.45) is 1.46. The zero-order valence-corrected chi connectivity index (χ0v) is 18.1. The maximum absolute atomic E-state index is 12.6. The molecule has 5 nitrogen and oxygen atoms in total. The van der Waals surface area contributed by atoms with Crippen LogP contribution in [0.3, 0.4) is 0 Å². The first-order valence-electron chi connectivity index (χ1n) is 9.60. The number of carbonyl (C=O) groups is 2. The second-order valence-corrected chi connectivity index (χ2v) is 7.67. The normalized spacial score (nSPS) is 10.9. The molecule has 4 aromatic rings. The minimum Gasteiger partial charge on any atom is -0.422 e. The van der Waals surface area contributed by atoms with Crippen LogP contribution >= 0.6 is 23.2 Å². The maximum atomic E-state index is 12.6. The van der Waals surface area contributed by atoms with Crippen molar-refractivity contribution in [2.75, 3.05) is 0 Å². The molecule has 0 bridgehead atoms. The molecule has 0 aliphatic carbocycles. The quantitative estimate of drug-likeness (QED) is 0.168. The standard InChI is InChI=1S/C25H16Cl2N2O3/c26-19-10-5-17(6-11-19)24(30)29-28-15-22-21-4-2-1-3-16(21)9-14-23(22)32-25(31)18-7-12-20(27)13-8-18/h1-15H,(H,29,30)/b28-15-. The number of nitrogens with one attached hydrogen (secondary N) is 1. The zero-order valence-electron chi connectivity index (χ0n) is 16.6. The summed E-state index contributed by atoms with van der Waals surface area (Å²) in [4.78, 5) is 24.9. The smallest absolute Gasteiger partial charge is 0.343 e. The van der Waals surface area contributed by atoms with Crippen molar-refractivity contribution in [2.45, 2.75) is 0 Å². The highest BCUT2D eigenvalue weighted by Crippen LogP contribution is 2.27. The molecule has 0 unspecified atom stereocenters. The van der Waals surface area contributed by atoms with Crippen LogP contribution in [0, 0.1) is 0 Å². The number of amides is 1. The van der Waals surface area contributed by atoms with E-state index in [-0.39, 0.29) is 0 Å². The Labute approximate surface area is 194 Å². The lowest BCUT2D eigenvalue weighted by Gasteiger charge is -2.10. The van der Waals surface area contributed by atoms with Crippen molar-refractivity contribution in [2.24, 2.45) is 5.10 Å². The van der Waals surface area contributed by atoms with Gasteiger partial charge in [0.1, 0.15) is 5.75 Å². The third-order valence-corrected chi connectivity index (χ3v) is 5.18. The Balaban J connectivity index is 1.62. The lowest BCUT2D eigenvalue weighted by atomic mass is 10.0. The number of ether oxygens (including phenoxy) is 1. The molecule has 0 saturated carbocycles.